The van der Waals surface area contributed by atoms with Crippen LogP contribution in [0, 0.1) is 11.3 Å². The van der Waals surface area contributed by atoms with Crippen LogP contribution in [0.1, 0.15) is 45.6 Å². The molecule has 0 saturated heterocycles. The zero-order chi connectivity index (χ0) is 15.1. The van der Waals surface area contributed by atoms with Crippen molar-refractivity contribution in [3.63, 3.8) is 0 Å². The lowest BCUT2D eigenvalue weighted by Gasteiger charge is -2.18. The third-order valence-electron chi connectivity index (χ3n) is 3.63. The molecule has 6 heteroatoms. The number of nitrogens with one attached hydrogen (secondary N) is 2. The van der Waals surface area contributed by atoms with Crippen LogP contribution in [0.5, 0.6) is 0 Å². The van der Waals surface area contributed by atoms with E-state index in [0.717, 1.165) is 5.56 Å². The van der Waals surface area contributed by atoms with E-state index in [1.807, 2.05) is 13.0 Å². The molecule has 3 rings (SSSR count). The number of benzene rings is 1. The van der Waals surface area contributed by atoms with E-state index in [1.165, 1.54) is 6.07 Å². The van der Waals surface area contributed by atoms with E-state index >= 15 is 0 Å². The van der Waals surface area contributed by atoms with Crippen LogP contribution >= 0.6 is 0 Å². The SMILES string of the molecule is CC1Cc2cc(C#N)cc(c2)C(=O)c2[nH]c(=O)[nH]c(=O)c21. The number of nitrogens with zero attached hydrogens (tertiary/aromatic N) is 1. The van der Waals surface area contributed by atoms with Crippen molar-refractivity contribution >= 4 is 5.78 Å². The van der Waals surface area contributed by atoms with Crippen LogP contribution in [0.15, 0.2) is 27.8 Å². The number of ketones is 1. The highest BCUT2D eigenvalue weighted by atomic mass is 16.2. The largest absolute Gasteiger partial charge is 0.326 e. The molecule has 6 nitrogen and oxygen atoms in total. The Balaban J connectivity index is 2.36. The molecule has 1 aliphatic carbocycles. The highest BCUT2D eigenvalue weighted by Crippen LogP contribution is 2.26. The zero-order valence-corrected chi connectivity index (χ0v) is 11.2. The Morgan fingerprint density at radius 3 is 2.67 bits per heavy atom. The summed E-state index contributed by atoms with van der Waals surface area (Å²) in [6.07, 6.45) is 0.512. The fraction of sp³-hybridized carbons (Fsp3) is 0.200. The fourth-order valence-electron chi connectivity index (χ4n) is 2.75. The lowest BCUT2D eigenvalue weighted by Crippen LogP contribution is -2.32. The van der Waals surface area contributed by atoms with E-state index in [4.69, 9.17) is 5.26 Å². The van der Waals surface area contributed by atoms with Crippen molar-refractivity contribution < 1.29 is 4.79 Å². The Bertz CT molecular complexity index is 915. The quantitative estimate of drug-likeness (QED) is 0.745. The second-order valence-corrected chi connectivity index (χ2v) is 5.16. The molecule has 0 aliphatic heterocycles. The van der Waals surface area contributed by atoms with Gasteiger partial charge in [0, 0.05) is 11.1 Å². The summed E-state index contributed by atoms with van der Waals surface area (Å²) in [5.41, 5.74) is 0.553. The fourth-order valence-corrected chi connectivity index (χ4v) is 2.75. The van der Waals surface area contributed by atoms with Crippen molar-refractivity contribution in [2.45, 2.75) is 19.3 Å². The van der Waals surface area contributed by atoms with Crippen LogP contribution < -0.4 is 11.2 Å². The molecule has 1 aromatic heterocycles. The Kier molecular flexibility index (Phi) is 2.84. The first kappa shape index (κ1) is 13.1. The van der Waals surface area contributed by atoms with Gasteiger partial charge in [0.25, 0.3) is 5.56 Å². The van der Waals surface area contributed by atoms with E-state index < -0.39 is 17.0 Å². The monoisotopic (exact) mass is 281 g/mol. The van der Waals surface area contributed by atoms with Gasteiger partial charge in [-0.1, -0.05) is 6.92 Å². The normalized spacial score (nSPS) is 16.6. The maximum absolute atomic E-state index is 12.5. The van der Waals surface area contributed by atoms with Gasteiger partial charge in [-0.15, -0.1) is 0 Å². The summed E-state index contributed by atoms with van der Waals surface area (Å²) < 4.78 is 0. The maximum Gasteiger partial charge on any atom is 0.326 e. The number of H-pyrrole nitrogens is 2. The van der Waals surface area contributed by atoms with E-state index in [9.17, 15) is 14.4 Å². The molecule has 2 N–H and O–H groups in total. The van der Waals surface area contributed by atoms with Crippen molar-refractivity contribution in [1.29, 1.82) is 5.26 Å². The van der Waals surface area contributed by atoms with Gasteiger partial charge in [-0.2, -0.15) is 5.26 Å². The number of hydrogen-bond acceptors (Lipinski definition) is 4. The van der Waals surface area contributed by atoms with Crippen LogP contribution in [0.2, 0.25) is 0 Å². The first-order valence-electron chi connectivity index (χ1n) is 6.45. The van der Waals surface area contributed by atoms with Gasteiger partial charge in [0.05, 0.1) is 17.3 Å². The molecule has 0 spiro atoms. The summed E-state index contributed by atoms with van der Waals surface area (Å²) in [4.78, 5) is 40.6. The number of aromatic amines is 2. The number of fused-ring (bicyclic) bond motifs is 3. The molecule has 2 aromatic rings. The van der Waals surface area contributed by atoms with Gasteiger partial charge in [-0.05, 0) is 36.1 Å². The van der Waals surface area contributed by atoms with Crippen molar-refractivity contribution in [2.24, 2.45) is 0 Å². The molecular weight excluding hydrogens is 270 g/mol. The topological polar surface area (TPSA) is 107 Å². The van der Waals surface area contributed by atoms with Crippen LogP contribution in [-0.4, -0.2) is 15.8 Å². The molecular formula is C15H11N3O3. The van der Waals surface area contributed by atoms with E-state index in [0.29, 0.717) is 17.5 Å². The molecule has 0 saturated carbocycles. The maximum atomic E-state index is 12.5. The molecule has 1 unspecified atom stereocenters. The van der Waals surface area contributed by atoms with Gasteiger partial charge < -0.3 is 4.98 Å². The van der Waals surface area contributed by atoms with E-state index in [-0.39, 0.29) is 17.2 Å². The summed E-state index contributed by atoms with van der Waals surface area (Å²) >= 11 is 0. The standard InChI is InChI=1S/C15H11N3O3/c1-7-2-8-3-9(6-16)5-10(4-8)13(19)12-11(7)14(20)18-15(21)17-12/h3-5,7H,2H2,1H3,(H2,17,18,20,21). The average molecular weight is 281 g/mol. The molecule has 1 atom stereocenters. The Morgan fingerprint density at radius 1 is 1.19 bits per heavy atom. The summed E-state index contributed by atoms with van der Waals surface area (Å²) in [6, 6.07) is 6.88. The van der Waals surface area contributed by atoms with E-state index in [1.54, 1.807) is 12.1 Å². The van der Waals surface area contributed by atoms with Crippen molar-refractivity contribution in [1.82, 2.24) is 9.97 Å². The third kappa shape index (κ3) is 2.09. The molecule has 0 fully saturated rings. The third-order valence-corrected chi connectivity index (χ3v) is 3.63. The zero-order valence-electron chi connectivity index (χ0n) is 11.2. The minimum atomic E-state index is -0.712. The van der Waals surface area contributed by atoms with Crippen molar-refractivity contribution in [3.05, 3.63) is 67.0 Å². The minimum Gasteiger partial charge on any atom is -0.304 e. The number of carbonyl (C=O) groups is 1. The van der Waals surface area contributed by atoms with Crippen LogP contribution in [0.3, 0.4) is 0 Å². The lowest BCUT2D eigenvalue weighted by atomic mass is 9.86. The Morgan fingerprint density at radius 2 is 1.95 bits per heavy atom. The van der Waals surface area contributed by atoms with Gasteiger partial charge in [-0.25, -0.2) is 4.79 Å². The highest BCUT2D eigenvalue weighted by molar-refractivity contribution is 6.09. The lowest BCUT2D eigenvalue weighted by molar-refractivity contribution is 0.103. The molecule has 1 heterocycles. The molecule has 0 amide bonds. The van der Waals surface area contributed by atoms with Crippen molar-refractivity contribution in [2.75, 3.05) is 0 Å². The first-order chi connectivity index (χ1) is 9.99. The van der Waals surface area contributed by atoms with Gasteiger partial charge in [-0.3, -0.25) is 14.6 Å². The molecule has 2 bridgehead atoms. The number of carbonyl (C=O) groups excluding carboxylic acids is 1. The number of rotatable bonds is 0. The number of nitriles is 1. The average Bonchev–Trinajstić information content (AvgIpc) is 2.44. The predicted molar refractivity (Wildman–Crippen MR) is 74.4 cm³/mol. The molecule has 1 aromatic carbocycles. The smallest absolute Gasteiger partial charge is 0.304 e. The van der Waals surface area contributed by atoms with Crippen LogP contribution in [0.4, 0.5) is 0 Å². The van der Waals surface area contributed by atoms with E-state index in [2.05, 4.69) is 9.97 Å². The number of aromatic nitrogens is 2. The van der Waals surface area contributed by atoms with Crippen molar-refractivity contribution in [3.8, 4) is 6.07 Å². The molecule has 21 heavy (non-hydrogen) atoms. The van der Waals surface area contributed by atoms with Gasteiger partial charge in [0.1, 0.15) is 0 Å². The van der Waals surface area contributed by atoms with Gasteiger partial charge in [0.15, 0.2) is 0 Å². The summed E-state index contributed by atoms with van der Waals surface area (Å²) in [6.45, 7) is 1.81. The van der Waals surface area contributed by atoms with Gasteiger partial charge in [0.2, 0.25) is 5.78 Å². The summed E-state index contributed by atoms with van der Waals surface area (Å²) in [5, 5.41) is 9.03. The minimum absolute atomic E-state index is 0.0111. The summed E-state index contributed by atoms with van der Waals surface area (Å²) in [5.74, 6) is -0.690. The summed E-state index contributed by atoms with van der Waals surface area (Å²) in [7, 11) is 0. The first-order valence-corrected chi connectivity index (χ1v) is 6.45. The molecule has 0 radical (unpaired) electrons. The van der Waals surface area contributed by atoms with Crippen LogP contribution in [-0.2, 0) is 6.42 Å². The second kappa shape index (κ2) is 4.56. The van der Waals surface area contributed by atoms with Crippen LogP contribution in [0.25, 0.3) is 0 Å². The van der Waals surface area contributed by atoms with Gasteiger partial charge >= 0.3 is 5.69 Å². The number of hydrogen-bond donors (Lipinski definition) is 2. The highest BCUT2D eigenvalue weighted by Gasteiger charge is 2.26. The Labute approximate surface area is 119 Å². The Hall–Kier alpha value is -2.94. The molecule has 104 valence electrons. The molecule has 1 aliphatic rings. The predicted octanol–water partition coefficient (Wildman–Crippen LogP) is 0.825. The second-order valence-electron chi connectivity index (χ2n) is 5.16.